The van der Waals surface area contributed by atoms with Crippen molar-refractivity contribution >= 4 is 23.7 Å². The van der Waals surface area contributed by atoms with Gasteiger partial charge in [0, 0.05) is 17.3 Å². The number of hydrogen-bond acceptors (Lipinski definition) is 6. The van der Waals surface area contributed by atoms with Gasteiger partial charge in [0.05, 0.1) is 27.5 Å². The Hall–Kier alpha value is -3.55. The number of amides is 2. The van der Waals surface area contributed by atoms with Gasteiger partial charge < -0.3 is 19.5 Å². The summed E-state index contributed by atoms with van der Waals surface area (Å²) in [6, 6.07) is 10.5. The summed E-state index contributed by atoms with van der Waals surface area (Å²) in [4.78, 5) is 23.9. The molecule has 0 heterocycles. The topological polar surface area (TPSA) is 98.3 Å². The van der Waals surface area contributed by atoms with Crippen LogP contribution in [-0.4, -0.2) is 39.4 Å². The number of nitrogens with zero attached hydrogens (tertiary/aromatic N) is 1. The van der Waals surface area contributed by atoms with Crippen LogP contribution in [0.15, 0.2) is 41.5 Å². The molecule has 28 heavy (non-hydrogen) atoms. The first-order valence-corrected chi connectivity index (χ1v) is 8.55. The standard InChI is InChI=1S/C20H23N3O5/c1-5-13-6-8-15(9-7-13)22-19(24)20(25)23-21-12-14-10-17(27-3)18(28-4)11-16(14)26-2/h6-12H,5H2,1-4H3,(H,22,24)(H,23,25). The Morgan fingerprint density at radius 3 is 2.11 bits per heavy atom. The third kappa shape index (κ3) is 5.23. The van der Waals surface area contributed by atoms with Crippen molar-refractivity contribution in [1.29, 1.82) is 0 Å². The zero-order chi connectivity index (χ0) is 20.5. The van der Waals surface area contributed by atoms with Gasteiger partial charge in [0.25, 0.3) is 0 Å². The van der Waals surface area contributed by atoms with Crippen LogP contribution in [0.4, 0.5) is 5.69 Å². The van der Waals surface area contributed by atoms with Crippen LogP contribution in [0.2, 0.25) is 0 Å². The molecule has 2 N–H and O–H groups in total. The second-order valence-electron chi connectivity index (χ2n) is 5.65. The van der Waals surface area contributed by atoms with Crippen molar-refractivity contribution in [1.82, 2.24) is 5.43 Å². The van der Waals surface area contributed by atoms with E-state index in [1.807, 2.05) is 19.1 Å². The maximum atomic E-state index is 12.0. The molecule has 0 bridgehead atoms. The molecular formula is C20H23N3O5. The highest BCUT2D eigenvalue weighted by Crippen LogP contribution is 2.33. The number of carbonyl (C=O) groups excluding carboxylic acids is 2. The van der Waals surface area contributed by atoms with Gasteiger partial charge in [-0.05, 0) is 30.2 Å². The molecule has 8 heteroatoms. The van der Waals surface area contributed by atoms with Gasteiger partial charge in [-0.2, -0.15) is 5.10 Å². The number of ether oxygens (including phenoxy) is 3. The molecule has 0 saturated heterocycles. The number of anilines is 1. The zero-order valence-electron chi connectivity index (χ0n) is 16.2. The van der Waals surface area contributed by atoms with Gasteiger partial charge in [-0.25, -0.2) is 5.43 Å². The van der Waals surface area contributed by atoms with Crippen molar-refractivity contribution in [3.8, 4) is 17.2 Å². The number of hydrazone groups is 1. The minimum Gasteiger partial charge on any atom is -0.496 e. The normalized spacial score (nSPS) is 10.4. The molecule has 0 saturated carbocycles. The first kappa shape index (κ1) is 20.8. The molecule has 2 aromatic rings. The highest BCUT2D eigenvalue weighted by atomic mass is 16.5. The lowest BCUT2D eigenvalue weighted by molar-refractivity contribution is -0.136. The van der Waals surface area contributed by atoms with Crippen molar-refractivity contribution in [2.45, 2.75) is 13.3 Å². The van der Waals surface area contributed by atoms with E-state index in [4.69, 9.17) is 14.2 Å². The molecule has 8 nitrogen and oxygen atoms in total. The summed E-state index contributed by atoms with van der Waals surface area (Å²) in [6.45, 7) is 2.03. The van der Waals surface area contributed by atoms with Crippen LogP contribution in [-0.2, 0) is 16.0 Å². The lowest BCUT2D eigenvalue weighted by Crippen LogP contribution is -2.32. The molecule has 2 aromatic carbocycles. The van der Waals surface area contributed by atoms with Gasteiger partial charge in [0.15, 0.2) is 11.5 Å². The zero-order valence-corrected chi connectivity index (χ0v) is 16.2. The summed E-state index contributed by atoms with van der Waals surface area (Å²) >= 11 is 0. The van der Waals surface area contributed by atoms with Gasteiger partial charge in [0.1, 0.15) is 5.75 Å². The van der Waals surface area contributed by atoms with Gasteiger partial charge in [-0.3, -0.25) is 9.59 Å². The predicted molar refractivity (Wildman–Crippen MR) is 106 cm³/mol. The quantitative estimate of drug-likeness (QED) is 0.433. The maximum absolute atomic E-state index is 12.0. The minimum atomic E-state index is -0.893. The van der Waals surface area contributed by atoms with Gasteiger partial charge in [-0.1, -0.05) is 19.1 Å². The van der Waals surface area contributed by atoms with E-state index in [2.05, 4.69) is 15.8 Å². The smallest absolute Gasteiger partial charge is 0.329 e. The predicted octanol–water partition coefficient (Wildman–Crippen LogP) is 2.36. The Morgan fingerprint density at radius 2 is 1.54 bits per heavy atom. The van der Waals surface area contributed by atoms with E-state index < -0.39 is 11.8 Å². The highest BCUT2D eigenvalue weighted by molar-refractivity contribution is 6.39. The lowest BCUT2D eigenvalue weighted by atomic mass is 10.1. The molecule has 2 amide bonds. The van der Waals surface area contributed by atoms with Crippen molar-refractivity contribution in [3.63, 3.8) is 0 Å². The third-order valence-electron chi connectivity index (χ3n) is 3.93. The molecule has 0 fully saturated rings. The number of nitrogens with one attached hydrogen (secondary N) is 2. The Bertz CT molecular complexity index is 863. The van der Waals surface area contributed by atoms with E-state index in [1.54, 1.807) is 24.3 Å². The van der Waals surface area contributed by atoms with Crippen molar-refractivity contribution in [3.05, 3.63) is 47.5 Å². The molecule has 0 aromatic heterocycles. The molecular weight excluding hydrogens is 362 g/mol. The number of rotatable bonds is 7. The molecule has 0 unspecified atom stereocenters. The van der Waals surface area contributed by atoms with Crippen LogP contribution < -0.4 is 25.0 Å². The Balaban J connectivity index is 2.02. The van der Waals surface area contributed by atoms with Crippen LogP contribution in [0.1, 0.15) is 18.1 Å². The van der Waals surface area contributed by atoms with E-state index in [9.17, 15) is 9.59 Å². The summed E-state index contributed by atoms with van der Waals surface area (Å²) in [5.74, 6) is -0.273. The van der Waals surface area contributed by atoms with Crippen LogP contribution >= 0.6 is 0 Å². The van der Waals surface area contributed by atoms with E-state index in [1.165, 1.54) is 27.5 Å². The molecule has 0 spiro atoms. The van der Waals surface area contributed by atoms with Gasteiger partial charge in [0.2, 0.25) is 0 Å². The fraction of sp³-hybridized carbons (Fsp3) is 0.250. The van der Waals surface area contributed by atoms with E-state index in [0.29, 0.717) is 28.5 Å². The summed E-state index contributed by atoms with van der Waals surface area (Å²) < 4.78 is 15.7. The van der Waals surface area contributed by atoms with Crippen LogP contribution in [0.5, 0.6) is 17.2 Å². The number of aryl methyl sites for hydroxylation is 1. The number of carbonyl (C=O) groups is 2. The van der Waals surface area contributed by atoms with Crippen molar-refractivity contribution in [2.24, 2.45) is 5.10 Å². The Kier molecular flexibility index (Phi) is 7.38. The monoisotopic (exact) mass is 385 g/mol. The summed E-state index contributed by atoms with van der Waals surface area (Å²) in [7, 11) is 4.51. The summed E-state index contributed by atoms with van der Waals surface area (Å²) in [5, 5.41) is 6.32. The van der Waals surface area contributed by atoms with Crippen molar-refractivity contribution < 1.29 is 23.8 Å². The second kappa shape index (κ2) is 9.96. The molecule has 0 atom stereocenters. The van der Waals surface area contributed by atoms with Crippen molar-refractivity contribution in [2.75, 3.05) is 26.6 Å². The van der Waals surface area contributed by atoms with Gasteiger partial charge >= 0.3 is 11.8 Å². The fourth-order valence-corrected chi connectivity index (χ4v) is 2.38. The highest BCUT2D eigenvalue weighted by Gasteiger charge is 2.14. The van der Waals surface area contributed by atoms with Crippen LogP contribution in [0.3, 0.4) is 0 Å². The Morgan fingerprint density at radius 1 is 0.929 bits per heavy atom. The second-order valence-corrected chi connectivity index (χ2v) is 5.65. The average Bonchev–Trinajstić information content (AvgIpc) is 2.73. The average molecular weight is 385 g/mol. The molecule has 0 radical (unpaired) electrons. The third-order valence-corrected chi connectivity index (χ3v) is 3.93. The maximum Gasteiger partial charge on any atom is 0.329 e. The Labute approximate surface area is 163 Å². The first-order chi connectivity index (χ1) is 13.5. The largest absolute Gasteiger partial charge is 0.496 e. The molecule has 0 aliphatic rings. The van der Waals surface area contributed by atoms with E-state index >= 15 is 0 Å². The molecule has 0 aliphatic carbocycles. The molecule has 148 valence electrons. The minimum absolute atomic E-state index is 0.469. The summed E-state index contributed by atoms with van der Waals surface area (Å²) in [6.07, 6.45) is 2.24. The number of hydrogen-bond donors (Lipinski definition) is 2. The SMILES string of the molecule is CCc1ccc(NC(=O)C(=O)NN=Cc2cc(OC)c(OC)cc2OC)cc1. The van der Waals surface area contributed by atoms with Crippen LogP contribution in [0, 0.1) is 0 Å². The lowest BCUT2D eigenvalue weighted by Gasteiger charge is -2.11. The first-order valence-electron chi connectivity index (χ1n) is 8.55. The van der Waals surface area contributed by atoms with E-state index in [0.717, 1.165) is 12.0 Å². The van der Waals surface area contributed by atoms with E-state index in [-0.39, 0.29) is 0 Å². The molecule has 0 aliphatic heterocycles. The fourth-order valence-electron chi connectivity index (χ4n) is 2.38. The number of benzene rings is 2. The molecule has 2 rings (SSSR count). The number of methoxy groups -OCH3 is 3. The van der Waals surface area contributed by atoms with Crippen LogP contribution in [0.25, 0.3) is 0 Å². The van der Waals surface area contributed by atoms with Gasteiger partial charge in [-0.15, -0.1) is 0 Å². The summed E-state index contributed by atoms with van der Waals surface area (Å²) in [5.41, 5.74) is 4.39.